The van der Waals surface area contributed by atoms with E-state index in [1.54, 1.807) is 0 Å². The lowest BCUT2D eigenvalue weighted by atomic mass is 9.89. The Labute approximate surface area is 130 Å². The normalized spacial score (nSPS) is 17.2. The molecule has 1 aromatic rings. The number of nitrogens with one attached hydrogen (secondary N) is 1. The molecule has 2 atom stereocenters. The highest BCUT2D eigenvalue weighted by atomic mass is 16.5. The molecule has 118 valence electrons. The topological polar surface area (TPSA) is 21.3 Å². The van der Waals surface area contributed by atoms with Crippen molar-refractivity contribution in [3.8, 4) is 5.75 Å². The van der Waals surface area contributed by atoms with E-state index in [0.717, 1.165) is 31.2 Å². The van der Waals surface area contributed by atoms with Gasteiger partial charge in [0.1, 0.15) is 5.75 Å². The Bertz CT molecular complexity index is 461. The van der Waals surface area contributed by atoms with Crippen LogP contribution in [0.2, 0.25) is 0 Å². The van der Waals surface area contributed by atoms with Gasteiger partial charge in [-0.15, -0.1) is 0 Å². The van der Waals surface area contributed by atoms with Crippen LogP contribution in [0.15, 0.2) is 18.2 Å². The summed E-state index contributed by atoms with van der Waals surface area (Å²) in [5.74, 6) is 2.54. The van der Waals surface area contributed by atoms with Crippen LogP contribution >= 0.6 is 0 Å². The Morgan fingerprint density at radius 2 is 1.95 bits per heavy atom. The SMILES string of the molecule is CC(CCc1ccc2c(c1)CCO2)C(C)CNC(C)(C)C. The molecular weight excluding hydrogens is 258 g/mol. The minimum absolute atomic E-state index is 0.216. The number of rotatable bonds is 6. The highest BCUT2D eigenvalue weighted by Crippen LogP contribution is 2.27. The fraction of sp³-hybridized carbons (Fsp3) is 0.684. The van der Waals surface area contributed by atoms with Gasteiger partial charge in [-0.1, -0.05) is 26.0 Å². The first-order valence-corrected chi connectivity index (χ1v) is 8.35. The predicted octanol–water partition coefficient (Wildman–Crippen LogP) is 4.21. The average Bonchev–Trinajstić information content (AvgIpc) is 2.88. The van der Waals surface area contributed by atoms with Crippen LogP contribution in [0.3, 0.4) is 0 Å². The van der Waals surface area contributed by atoms with Gasteiger partial charge < -0.3 is 10.1 Å². The number of benzene rings is 1. The van der Waals surface area contributed by atoms with Crippen LogP contribution in [-0.4, -0.2) is 18.7 Å². The van der Waals surface area contributed by atoms with Gasteiger partial charge in [-0.05, 0) is 69.2 Å². The third-order valence-electron chi connectivity index (χ3n) is 4.57. The van der Waals surface area contributed by atoms with Gasteiger partial charge in [0.15, 0.2) is 0 Å². The van der Waals surface area contributed by atoms with Gasteiger partial charge in [0.2, 0.25) is 0 Å². The monoisotopic (exact) mass is 289 g/mol. The van der Waals surface area contributed by atoms with E-state index < -0.39 is 0 Å². The molecule has 1 heterocycles. The van der Waals surface area contributed by atoms with Crippen molar-refractivity contribution in [2.24, 2.45) is 11.8 Å². The zero-order valence-electron chi connectivity index (χ0n) is 14.3. The summed E-state index contributed by atoms with van der Waals surface area (Å²) in [6, 6.07) is 6.72. The van der Waals surface area contributed by atoms with E-state index in [2.05, 4.69) is 58.1 Å². The molecule has 0 saturated heterocycles. The van der Waals surface area contributed by atoms with Crippen molar-refractivity contribution in [1.82, 2.24) is 5.32 Å². The van der Waals surface area contributed by atoms with Crippen LogP contribution < -0.4 is 10.1 Å². The highest BCUT2D eigenvalue weighted by Gasteiger charge is 2.17. The summed E-state index contributed by atoms with van der Waals surface area (Å²) in [6.45, 7) is 13.4. The lowest BCUT2D eigenvalue weighted by Crippen LogP contribution is -2.39. The van der Waals surface area contributed by atoms with Crippen molar-refractivity contribution in [2.75, 3.05) is 13.2 Å². The maximum atomic E-state index is 5.57. The predicted molar refractivity (Wildman–Crippen MR) is 90.0 cm³/mol. The minimum atomic E-state index is 0.216. The summed E-state index contributed by atoms with van der Waals surface area (Å²) in [7, 11) is 0. The highest BCUT2D eigenvalue weighted by molar-refractivity contribution is 5.39. The molecule has 0 bridgehead atoms. The first-order valence-electron chi connectivity index (χ1n) is 8.35. The first-order chi connectivity index (χ1) is 9.85. The van der Waals surface area contributed by atoms with Gasteiger partial charge in [0, 0.05) is 12.0 Å². The van der Waals surface area contributed by atoms with Crippen molar-refractivity contribution in [3.05, 3.63) is 29.3 Å². The van der Waals surface area contributed by atoms with E-state index >= 15 is 0 Å². The Morgan fingerprint density at radius 3 is 2.67 bits per heavy atom. The van der Waals surface area contributed by atoms with Crippen molar-refractivity contribution in [2.45, 2.75) is 59.4 Å². The second-order valence-electron chi connectivity index (χ2n) is 7.66. The molecule has 1 aliphatic heterocycles. The molecule has 2 rings (SSSR count). The molecule has 1 aliphatic rings. The quantitative estimate of drug-likeness (QED) is 0.847. The van der Waals surface area contributed by atoms with E-state index in [-0.39, 0.29) is 5.54 Å². The van der Waals surface area contributed by atoms with Crippen LogP contribution in [0, 0.1) is 11.8 Å². The molecule has 2 heteroatoms. The third-order valence-corrected chi connectivity index (χ3v) is 4.57. The smallest absolute Gasteiger partial charge is 0.122 e. The molecule has 21 heavy (non-hydrogen) atoms. The Balaban J connectivity index is 1.79. The molecule has 0 saturated carbocycles. The van der Waals surface area contributed by atoms with Crippen molar-refractivity contribution in [3.63, 3.8) is 0 Å². The molecular formula is C19H31NO. The minimum Gasteiger partial charge on any atom is -0.493 e. The number of ether oxygens (including phenoxy) is 1. The van der Waals surface area contributed by atoms with Gasteiger partial charge in [0.25, 0.3) is 0 Å². The lowest BCUT2D eigenvalue weighted by molar-refractivity contribution is 0.307. The largest absolute Gasteiger partial charge is 0.493 e. The van der Waals surface area contributed by atoms with Crippen LogP contribution in [0.1, 0.15) is 52.2 Å². The zero-order chi connectivity index (χ0) is 15.5. The third kappa shape index (κ3) is 5.03. The Morgan fingerprint density at radius 1 is 1.19 bits per heavy atom. The number of fused-ring (bicyclic) bond motifs is 1. The molecule has 2 unspecified atom stereocenters. The van der Waals surface area contributed by atoms with Crippen molar-refractivity contribution >= 4 is 0 Å². The molecule has 0 amide bonds. The van der Waals surface area contributed by atoms with E-state index in [0.29, 0.717) is 5.92 Å². The van der Waals surface area contributed by atoms with E-state index in [1.807, 2.05) is 0 Å². The number of aryl methyl sites for hydroxylation is 1. The van der Waals surface area contributed by atoms with E-state index in [1.165, 1.54) is 24.0 Å². The second-order valence-corrected chi connectivity index (χ2v) is 7.66. The molecule has 0 fully saturated rings. The van der Waals surface area contributed by atoms with Gasteiger partial charge in [-0.3, -0.25) is 0 Å². The van der Waals surface area contributed by atoms with Gasteiger partial charge in [0.05, 0.1) is 6.61 Å². The molecule has 0 spiro atoms. The maximum Gasteiger partial charge on any atom is 0.122 e. The molecule has 1 N–H and O–H groups in total. The second kappa shape index (κ2) is 6.83. The van der Waals surface area contributed by atoms with Gasteiger partial charge >= 0.3 is 0 Å². The fourth-order valence-corrected chi connectivity index (χ4v) is 2.74. The van der Waals surface area contributed by atoms with Crippen molar-refractivity contribution in [1.29, 1.82) is 0 Å². The summed E-state index contributed by atoms with van der Waals surface area (Å²) in [5.41, 5.74) is 3.07. The summed E-state index contributed by atoms with van der Waals surface area (Å²) >= 11 is 0. The van der Waals surface area contributed by atoms with Crippen LogP contribution in [0.4, 0.5) is 0 Å². The standard InChI is InChI=1S/C19H31NO/c1-14(15(2)13-20-19(3,4)5)6-7-16-8-9-18-17(12-16)10-11-21-18/h8-9,12,14-15,20H,6-7,10-11,13H2,1-5H3. The molecule has 0 radical (unpaired) electrons. The van der Waals surface area contributed by atoms with Crippen LogP contribution in [0.5, 0.6) is 5.75 Å². The molecule has 2 nitrogen and oxygen atoms in total. The zero-order valence-corrected chi connectivity index (χ0v) is 14.3. The summed E-state index contributed by atoms with van der Waals surface area (Å²) in [6.07, 6.45) is 3.51. The van der Waals surface area contributed by atoms with Crippen molar-refractivity contribution < 1.29 is 4.74 Å². The Kier molecular flexibility index (Phi) is 5.32. The lowest BCUT2D eigenvalue weighted by Gasteiger charge is -2.26. The van der Waals surface area contributed by atoms with Crippen LogP contribution in [0.25, 0.3) is 0 Å². The maximum absolute atomic E-state index is 5.57. The molecule has 0 aliphatic carbocycles. The number of hydrogen-bond donors (Lipinski definition) is 1. The van der Waals surface area contributed by atoms with E-state index in [4.69, 9.17) is 4.74 Å². The molecule has 0 aromatic heterocycles. The first kappa shape index (κ1) is 16.4. The summed E-state index contributed by atoms with van der Waals surface area (Å²) in [4.78, 5) is 0. The summed E-state index contributed by atoms with van der Waals surface area (Å²) < 4.78 is 5.57. The fourth-order valence-electron chi connectivity index (χ4n) is 2.74. The molecule has 1 aromatic carbocycles. The van der Waals surface area contributed by atoms with Gasteiger partial charge in [-0.2, -0.15) is 0 Å². The van der Waals surface area contributed by atoms with E-state index in [9.17, 15) is 0 Å². The number of hydrogen-bond acceptors (Lipinski definition) is 2. The van der Waals surface area contributed by atoms with Crippen LogP contribution in [-0.2, 0) is 12.8 Å². The Hall–Kier alpha value is -1.02. The van der Waals surface area contributed by atoms with Gasteiger partial charge in [-0.25, -0.2) is 0 Å². The average molecular weight is 289 g/mol. The summed E-state index contributed by atoms with van der Waals surface area (Å²) in [5, 5.41) is 3.62.